The van der Waals surface area contributed by atoms with Crippen molar-refractivity contribution in [3.05, 3.63) is 53.9 Å². The molecular formula is C28H37N5O3. The summed E-state index contributed by atoms with van der Waals surface area (Å²) in [6.45, 7) is 12.7. The molecule has 2 amide bonds. The summed E-state index contributed by atoms with van der Waals surface area (Å²) in [4.78, 5) is 37.7. The normalized spacial score (nSPS) is 21.9. The Morgan fingerprint density at radius 3 is 2.50 bits per heavy atom. The largest absolute Gasteiger partial charge is 0.444 e. The summed E-state index contributed by atoms with van der Waals surface area (Å²) in [6.07, 6.45) is 6.85. The van der Waals surface area contributed by atoms with Gasteiger partial charge in [-0.3, -0.25) is 4.79 Å². The lowest BCUT2D eigenvalue weighted by molar-refractivity contribution is -0.117. The van der Waals surface area contributed by atoms with Crippen molar-refractivity contribution in [3.8, 4) is 0 Å². The number of benzene rings is 1. The SMILES string of the molecule is CC[C@H]1[C@H](C)[C@@H](Nc2ncccn2)c2cc(C3=CCN(C(=O)OC(C)(C)C)CC3)ccc2N1C(C)=O. The zero-order valence-corrected chi connectivity index (χ0v) is 22.1. The van der Waals surface area contributed by atoms with Crippen LogP contribution in [0.25, 0.3) is 5.57 Å². The maximum Gasteiger partial charge on any atom is 0.410 e. The first-order valence-electron chi connectivity index (χ1n) is 12.7. The summed E-state index contributed by atoms with van der Waals surface area (Å²) in [6, 6.07) is 8.14. The number of hydrogen-bond donors (Lipinski definition) is 1. The molecule has 3 atom stereocenters. The first-order valence-corrected chi connectivity index (χ1v) is 12.7. The molecule has 0 aliphatic carbocycles. The van der Waals surface area contributed by atoms with Crippen LogP contribution in [0.3, 0.4) is 0 Å². The number of carbonyl (C=O) groups is 2. The van der Waals surface area contributed by atoms with Crippen LogP contribution in [-0.4, -0.2) is 51.6 Å². The molecule has 0 saturated carbocycles. The monoisotopic (exact) mass is 491 g/mol. The minimum atomic E-state index is -0.514. The van der Waals surface area contributed by atoms with E-state index in [2.05, 4.69) is 53.4 Å². The highest BCUT2D eigenvalue weighted by Gasteiger charge is 2.40. The molecule has 1 N–H and O–H groups in total. The molecular weight excluding hydrogens is 454 g/mol. The number of anilines is 2. The van der Waals surface area contributed by atoms with Gasteiger partial charge < -0.3 is 19.9 Å². The Morgan fingerprint density at radius 1 is 1.19 bits per heavy atom. The van der Waals surface area contributed by atoms with Gasteiger partial charge >= 0.3 is 6.09 Å². The van der Waals surface area contributed by atoms with E-state index in [-0.39, 0.29) is 30.0 Å². The van der Waals surface area contributed by atoms with Crippen LogP contribution in [0, 0.1) is 5.92 Å². The van der Waals surface area contributed by atoms with Crippen molar-refractivity contribution in [3.63, 3.8) is 0 Å². The first-order chi connectivity index (χ1) is 17.1. The van der Waals surface area contributed by atoms with E-state index >= 15 is 0 Å². The van der Waals surface area contributed by atoms with Gasteiger partial charge in [-0.25, -0.2) is 14.8 Å². The van der Waals surface area contributed by atoms with E-state index < -0.39 is 5.60 Å². The van der Waals surface area contributed by atoms with Gasteiger partial charge in [0.25, 0.3) is 0 Å². The average molecular weight is 492 g/mol. The van der Waals surface area contributed by atoms with E-state index in [1.54, 1.807) is 30.3 Å². The molecule has 2 aromatic rings. The van der Waals surface area contributed by atoms with Gasteiger partial charge in [-0.05, 0) is 68.5 Å². The maximum absolute atomic E-state index is 12.7. The van der Waals surface area contributed by atoms with E-state index in [9.17, 15) is 9.59 Å². The second kappa shape index (κ2) is 10.3. The molecule has 192 valence electrons. The van der Waals surface area contributed by atoms with Crippen molar-refractivity contribution in [2.75, 3.05) is 23.3 Å². The fourth-order valence-electron chi connectivity index (χ4n) is 5.24. The number of carbonyl (C=O) groups excluding carboxylic acids is 2. The minimum absolute atomic E-state index is 0.0435. The lowest BCUT2D eigenvalue weighted by atomic mass is 9.80. The lowest BCUT2D eigenvalue weighted by Crippen LogP contribution is -2.49. The molecule has 1 aromatic heterocycles. The molecule has 0 saturated heterocycles. The van der Waals surface area contributed by atoms with Crippen molar-refractivity contribution < 1.29 is 14.3 Å². The van der Waals surface area contributed by atoms with Crippen LogP contribution in [0.5, 0.6) is 0 Å². The molecule has 8 heteroatoms. The average Bonchev–Trinajstić information content (AvgIpc) is 2.84. The predicted octanol–water partition coefficient (Wildman–Crippen LogP) is 5.44. The van der Waals surface area contributed by atoms with E-state index in [1.165, 1.54) is 5.57 Å². The molecule has 0 radical (unpaired) electrons. The van der Waals surface area contributed by atoms with Gasteiger partial charge in [0.2, 0.25) is 11.9 Å². The van der Waals surface area contributed by atoms with E-state index in [0.29, 0.717) is 19.0 Å². The fraction of sp³-hybridized carbons (Fsp3) is 0.500. The van der Waals surface area contributed by atoms with Crippen LogP contribution in [0.15, 0.2) is 42.7 Å². The van der Waals surface area contributed by atoms with Gasteiger partial charge in [-0.2, -0.15) is 0 Å². The van der Waals surface area contributed by atoms with Crippen molar-refractivity contribution in [1.29, 1.82) is 0 Å². The third-order valence-corrected chi connectivity index (χ3v) is 6.93. The molecule has 8 nitrogen and oxygen atoms in total. The number of ether oxygens (including phenoxy) is 1. The molecule has 0 spiro atoms. The van der Waals surface area contributed by atoms with E-state index in [0.717, 1.165) is 29.7 Å². The molecule has 4 rings (SSSR count). The number of nitrogens with zero attached hydrogens (tertiary/aromatic N) is 4. The van der Waals surface area contributed by atoms with E-state index in [4.69, 9.17) is 4.74 Å². The molecule has 0 unspecified atom stereocenters. The third-order valence-electron chi connectivity index (χ3n) is 6.93. The van der Waals surface area contributed by atoms with Crippen LogP contribution < -0.4 is 10.2 Å². The molecule has 3 heterocycles. The molecule has 2 aliphatic heterocycles. The zero-order chi connectivity index (χ0) is 26.0. The second-order valence-electron chi connectivity index (χ2n) is 10.6. The van der Waals surface area contributed by atoms with Crippen molar-refractivity contribution in [2.24, 2.45) is 5.92 Å². The Morgan fingerprint density at radius 2 is 1.92 bits per heavy atom. The van der Waals surface area contributed by atoms with Crippen molar-refractivity contribution in [1.82, 2.24) is 14.9 Å². The first kappa shape index (κ1) is 25.7. The zero-order valence-electron chi connectivity index (χ0n) is 22.1. The summed E-state index contributed by atoms with van der Waals surface area (Å²) >= 11 is 0. The topological polar surface area (TPSA) is 87.7 Å². The Labute approximate surface area is 213 Å². The van der Waals surface area contributed by atoms with Crippen LogP contribution >= 0.6 is 0 Å². The Kier molecular flexibility index (Phi) is 7.33. The van der Waals surface area contributed by atoms with Gasteiger partial charge in [0, 0.05) is 50.1 Å². The number of amides is 2. The summed E-state index contributed by atoms with van der Waals surface area (Å²) in [5, 5.41) is 3.54. The second-order valence-corrected chi connectivity index (χ2v) is 10.6. The molecule has 36 heavy (non-hydrogen) atoms. The smallest absolute Gasteiger partial charge is 0.410 e. The van der Waals surface area contributed by atoms with Gasteiger partial charge in [0.05, 0.1) is 6.04 Å². The third kappa shape index (κ3) is 5.37. The van der Waals surface area contributed by atoms with Gasteiger partial charge in [0.1, 0.15) is 5.60 Å². The lowest BCUT2D eigenvalue weighted by Gasteiger charge is -2.45. The van der Waals surface area contributed by atoms with Gasteiger partial charge in [-0.15, -0.1) is 0 Å². The van der Waals surface area contributed by atoms with Crippen LogP contribution in [0.4, 0.5) is 16.4 Å². The number of fused-ring (bicyclic) bond motifs is 1. The van der Waals surface area contributed by atoms with Crippen molar-refractivity contribution in [2.45, 2.75) is 72.1 Å². The Balaban J connectivity index is 1.67. The Bertz CT molecular complexity index is 1140. The number of hydrogen-bond acceptors (Lipinski definition) is 6. The quantitative estimate of drug-likeness (QED) is 0.613. The maximum atomic E-state index is 12.7. The predicted molar refractivity (Wildman–Crippen MR) is 142 cm³/mol. The number of rotatable bonds is 4. The molecule has 1 aromatic carbocycles. The summed E-state index contributed by atoms with van der Waals surface area (Å²) in [5.74, 6) is 0.761. The van der Waals surface area contributed by atoms with Gasteiger partial charge in [0.15, 0.2) is 0 Å². The summed E-state index contributed by atoms with van der Waals surface area (Å²) in [7, 11) is 0. The summed E-state index contributed by atoms with van der Waals surface area (Å²) in [5.41, 5.74) is 3.76. The summed E-state index contributed by atoms with van der Waals surface area (Å²) < 4.78 is 5.53. The van der Waals surface area contributed by atoms with Crippen LogP contribution in [0.1, 0.15) is 71.6 Å². The van der Waals surface area contributed by atoms with Crippen LogP contribution in [0.2, 0.25) is 0 Å². The fourth-order valence-corrected chi connectivity index (χ4v) is 5.24. The molecule has 2 aliphatic rings. The highest BCUT2D eigenvalue weighted by Crippen LogP contribution is 2.44. The number of nitrogens with one attached hydrogen (secondary N) is 1. The highest BCUT2D eigenvalue weighted by molar-refractivity contribution is 5.94. The van der Waals surface area contributed by atoms with E-state index in [1.807, 2.05) is 25.7 Å². The van der Waals surface area contributed by atoms with Gasteiger partial charge in [-0.1, -0.05) is 26.0 Å². The number of aromatic nitrogens is 2. The molecule has 0 bridgehead atoms. The minimum Gasteiger partial charge on any atom is -0.444 e. The van der Waals surface area contributed by atoms with Crippen molar-refractivity contribution >= 4 is 29.2 Å². The van der Waals surface area contributed by atoms with Crippen LogP contribution in [-0.2, 0) is 9.53 Å². The molecule has 0 fully saturated rings. The highest BCUT2D eigenvalue weighted by atomic mass is 16.6. The Hall–Kier alpha value is -3.42. The standard InChI is InChI=1S/C28H37N5O3/c1-7-23-18(2)25(31-26-29-13-8-14-30-26)22-17-21(9-10-24(22)33(23)19(3)34)20-11-15-32(16-12-20)27(35)36-28(4,5)6/h8-11,13-14,17-18,23,25H,7,12,15-16H2,1-6H3,(H,29,30,31)/t18-,23-,25+/m0/s1.